The Kier molecular flexibility index (Phi) is 6.30. The van der Waals surface area contributed by atoms with Crippen LogP contribution < -0.4 is 10.1 Å². The molecule has 1 aromatic carbocycles. The quantitative estimate of drug-likeness (QED) is 0.606. The largest absolute Gasteiger partial charge is 0.496 e. The van der Waals surface area contributed by atoms with Crippen LogP contribution in [0.15, 0.2) is 30.3 Å². The molecule has 132 valence electrons. The van der Waals surface area contributed by atoms with E-state index >= 15 is 0 Å². The first-order valence-electron chi connectivity index (χ1n) is 7.59. The topological polar surface area (TPSA) is 81.7 Å². The van der Waals surface area contributed by atoms with Crippen LogP contribution >= 0.6 is 11.3 Å². The number of hydrogen-bond donors (Lipinski definition) is 1. The zero-order chi connectivity index (χ0) is 18.4. The zero-order valence-electron chi connectivity index (χ0n) is 14.3. The summed E-state index contributed by atoms with van der Waals surface area (Å²) in [6.07, 6.45) is 0. The maximum atomic E-state index is 12.1. The molecule has 0 saturated carbocycles. The van der Waals surface area contributed by atoms with Gasteiger partial charge >= 0.3 is 5.97 Å². The molecule has 7 heteroatoms. The van der Waals surface area contributed by atoms with Crippen molar-refractivity contribution >= 4 is 29.0 Å². The third-order valence-corrected chi connectivity index (χ3v) is 4.55. The highest BCUT2D eigenvalue weighted by molar-refractivity contribution is 7.14. The molecule has 0 spiro atoms. The van der Waals surface area contributed by atoms with Gasteiger partial charge in [0.05, 0.1) is 24.1 Å². The number of methoxy groups -OCH3 is 1. The summed E-state index contributed by atoms with van der Waals surface area (Å²) in [5.74, 6) is -0.418. The van der Waals surface area contributed by atoms with Crippen LogP contribution in [0.25, 0.3) is 0 Å². The average molecular weight is 361 g/mol. The van der Waals surface area contributed by atoms with Gasteiger partial charge in [-0.1, -0.05) is 6.07 Å². The molecule has 1 N–H and O–H groups in total. The highest BCUT2D eigenvalue weighted by Gasteiger charge is 2.15. The molecule has 2 aromatic rings. The molecule has 0 aliphatic heterocycles. The van der Waals surface area contributed by atoms with Gasteiger partial charge in [-0.15, -0.1) is 11.3 Å². The van der Waals surface area contributed by atoms with E-state index in [0.717, 1.165) is 10.4 Å². The Balaban J connectivity index is 1.93. The van der Waals surface area contributed by atoms with Gasteiger partial charge in [-0.3, -0.25) is 9.59 Å². The van der Waals surface area contributed by atoms with Gasteiger partial charge in [0, 0.05) is 11.8 Å². The molecule has 6 nitrogen and oxygen atoms in total. The molecule has 0 unspecified atom stereocenters. The number of hydrogen-bond acceptors (Lipinski definition) is 6. The number of esters is 1. The summed E-state index contributed by atoms with van der Waals surface area (Å²) in [7, 11) is 1.52. The summed E-state index contributed by atoms with van der Waals surface area (Å²) in [5.41, 5.74) is 1.23. The molecule has 0 aliphatic carbocycles. The van der Waals surface area contributed by atoms with Crippen LogP contribution in [0.5, 0.6) is 5.75 Å². The van der Waals surface area contributed by atoms with E-state index < -0.39 is 5.97 Å². The van der Waals surface area contributed by atoms with Gasteiger partial charge in [-0.25, -0.2) is 4.79 Å². The van der Waals surface area contributed by atoms with Gasteiger partial charge in [-0.2, -0.15) is 0 Å². The second-order valence-electron chi connectivity index (χ2n) is 5.36. The number of carbonyl (C=O) groups excluding carboxylic acids is 3. The Bertz CT molecular complexity index is 797. The van der Waals surface area contributed by atoms with E-state index in [0.29, 0.717) is 22.7 Å². The van der Waals surface area contributed by atoms with Crippen molar-refractivity contribution in [2.24, 2.45) is 0 Å². The number of ether oxygens (including phenoxy) is 2. The number of Topliss-reactive ketones (excluding diaryl/α,β-unsaturated/α-hetero) is 1. The Morgan fingerprint density at radius 2 is 1.92 bits per heavy atom. The fourth-order valence-corrected chi connectivity index (χ4v) is 2.94. The lowest BCUT2D eigenvalue weighted by atomic mass is 10.1. The van der Waals surface area contributed by atoms with Crippen LogP contribution in [0.3, 0.4) is 0 Å². The minimum Gasteiger partial charge on any atom is -0.496 e. The molecular formula is C18H19NO5S. The first-order chi connectivity index (χ1) is 11.9. The fourth-order valence-electron chi connectivity index (χ4n) is 2.07. The van der Waals surface area contributed by atoms with Crippen molar-refractivity contribution in [1.82, 2.24) is 5.32 Å². The lowest BCUT2D eigenvalue weighted by Crippen LogP contribution is -2.18. The number of aryl methyl sites for hydroxylation is 1. The summed E-state index contributed by atoms with van der Waals surface area (Å²) >= 11 is 1.26. The molecule has 0 radical (unpaired) electrons. The molecule has 1 amide bonds. The summed E-state index contributed by atoms with van der Waals surface area (Å²) < 4.78 is 10.3. The SMILES string of the molecule is COc1cc(C(=O)OCC(=O)c2ccc(CNC(C)=O)s2)ccc1C. The van der Waals surface area contributed by atoms with Crippen molar-refractivity contribution in [1.29, 1.82) is 0 Å². The third kappa shape index (κ3) is 5.15. The van der Waals surface area contributed by atoms with Crippen LogP contribution in [0, 0.1) is 6.92 Å². The van der Waals surface area contributed by atoms with Crippen molar-refractivity contribution in [3.63, 3.8) is 0 Å². The van der Waals surface area contributed by atoms with E-state index in [1.165, 1.54) is 25.4 Å². The molecule has 25 heavy (non-hydrogen) atoms. The fraction of sp³-hybridized carbons (Fsp3) is 0.278. The molecule has 0 fully saturated rings. The van der Waals surface area contributed by atoms with Gasteiger partial charge in [0.2, 0.25) is 11.7 Å². The first-order valence-corrected chi connectivity index (χ1v) is 8.40. The van der Waals surface area contributed by atoms with Gasteiger partial charge in [0.15, 0.2) is 6.61 Å². The maximum absolute atomic E-state index is 12.1. The lowest BCUT2D eigenvalue weighted by Gasteiger charge is -2.07. The summed E-state index contributed by atoms with van der Waals surface area (Å²) in [4.78, 5) is 36.4. The molecule has 1 heterocycles. The molecule has 2 rings (SSSR count). The molecule has 1 aromatic heterocycles. The standard InChI is InChI=1S/C18H19NO5S/c1-11-4-5-13(8-16(11)23-3)18(22)24-10-15(21)17-7-6-14(25-17)9-19-12(2)20/h4-8H,9-10H2,1-3H3,(H,19,20). The van der Waals surface area contributed by atoms with Gasteiger partial charge in [0.1, 0.15) is 5.75 Å². The lowest BCUT2D eigenvalue weighted by molar-refractivity contribution is -0.119. The van der Waals surface area contributed by atoms with Gasteiger partial charge in [0.25, 0.3) is 0 Å². The molecule has 0 saturated heterocycles. The van der Waals surface area contributed by atoms with Crippen molar-refractivity contribution in [2.75, 3.05) is 13.7 Å². The Morgan fingerprint density at radius 1 is 1.16 bits per heavy atom. The molecule has 0 bridgehead atoms. The first kappa shape index (κ1) is 18.7. The average Bonchev–Trinajstić information content (AvgIpc) is 3.07. The van der Waals surface area contributed by atoms with Crippen molar-refractivity contribution in [3.05, 3.63) is 51.2 Å². The van der Waals surface area contributed by atoms with Crippen LogP contribution in [-0.2, 0) is 16.1 Å². The van der Waals surface area contributed by atoms with Crippen LogP contribution in [0.4, 0.5) is 0 Å². The minimum atomic E-state index is -0.582. The normalized spacial score (nSPS) is 10.2. The smallest absolute Gasteiger partial charge is 0.338 e. The second kappa shape index (κ2) is 8.43. The number of thiophene rings is 1. The van der Waals surface area contributed by atoms with E-state index in [2.05, 4.69) is 5.32 Å². The predicted octanol–water partition coefficient (Wildman–Crippen LogP) is 2.74. The molecular weight excluding hydrogens is 342 g/mol. The van der Waals surface area contributed by atoms with Crippen LogP contribution in [0.1, 0.15) is 37.4 Å². The summed E-state index contributed by atoms with van der Waals surface area (Å²) in [6.45, 7) is 3.33. The Hall–Kier alpha value is -2.67. The Morgan fingerprint density at radius 3 is 2.60 bits per heavy atom. The molecule has 0 aliphatic rings. The van der Waals surface area contributed by atoms with Gasteiger partial charge < -0.3 is 14.8 Å². The minimum absolute atomic E-state index is 0.135. The van der Waals surface area contributed by atoms with E-state index in [4.69, 9.17) is 9.47 Å². The predicted molar refractivity (Wildman–Crippen MR) is 94.2 cm³/mol. The third-order valence-electron chi connectivity index (χ3n) is 3.43. The van der Waals surface area contributed by atoms with Crippen molar-refractivity contribution in [3.8, 4) is 5.75 Å². The number of nitrogens with one attached hydrogen (secondary N) is 1. The number of ketones is 1. The van der Waals surface area contributed by atoms with Crippen molar-refractivity contribution < 1.29 is 23.9 Å². The Labute approximate surface area is 149 Å². The monoisotopic (exact) mass is 361 g/mol. The number of amides is 1. The number of rotatable bonds is 7. The van der Waals surface area contributed by atoms with E-state index in [1.807, 2.05) is 6.92 Å². The summed E-state index contributed by atoms with van der Waals surface area (Å²) in [6, 6.07) is 8.39. The van der Waals surface area contributed by atoms with Crippen LogP contribution in [-0.4, -0.2) is 31.4 Å². The highest BCUT2D eigenvalue weighted by Crippen LogP contribution is 2.20. The van der Waals surface area contributed by atoms with Gasteiger partial charge in [-0.05, 0) is 36.8 Å². The highest BCUT2D eigenvalue weighted by atomic mass is 32.1. The second-order valence-corrected chi connectivity index (χ2v) is 6.53. The summed E-state index contributed by atoms with van der Waals surface area (Å²) in [5, 5.41) is 2.66. The van der Waals surface area contributed by atoms with Crippen LogP contribution in [0.2, 0.25) is 0 Å². The van der Waals surface area contributed by atoms with E-state index in [-0.39, 0.29) is 18.3 Å². The van der Waals surface area contributed by atoms with E-state index in [9.17, 15) is 14.4 Å². The zero-order valence-corrected chi connectivity index (χ0v) is 15.1. The number of carbonyl (C=O) groups is 3. The van der Waals surface area contributed by atoms with Crippen molar-refractivity contribution in [2.45, 2.75) is 20.4 Å². The maximum Gasteiger partial charge on any atom is 0.338 e. The van der Waals surface area contributed by atoms with E-state index in [1.54, 1.807) is 30.3 Å². The number of benzene rings is 1. The molecule has 0 atom stereocenters.